The normalized spacial score (nSPS) is 24.0. The Morgan fingerprint density at radius 1 is 1.21 bits per heavy atom. The molecule has 0 radical (unpaired) electrons. The minimum Gasteiger partial charge on any atom is -0.345 e. The van der Waals surface area contributed by atoms with Crippen LogP contribution in [0, 0.1) is 11.7 Å². The molecule has 2 saturated heterocycles. The number of likely N-dealkylation sites (tertiary alicyclic amines) is 1. The molecule has 2 aliphatic rings. The molecule has 2 amide bonds. The number of benzene rings is 1. The smallest absolute Gasteiger partial charge is 0.253 e. The van der Waals surface area contributed by atoms with Crippen molar-refractivity contribution in [2.24, 2.45) is 5.92 Å². The summed E-state index contributed by atoms with van der Waals surface area (Å²) in [5, 5.41) is 2.82. The Bertz CT molecular complexity index is 650. The second-order valence-corrected chi connectivity index (χ2v) is 7.21. The molecule has 5 nitrogen and oxygen atoms in total. The van der Waals surface area contributed by atoms with E-state index in [1.54, 1.807) is 4.90 Å². The standard InChI is InChI=1S/C17H19FN2O3S/c18-13-5-3-11(4-6-13)16(22)20-8-1-2-12(10-20)15(21)19-14-7-9-24-17(14)23/h3-6,12,14H,1-2,7-10H2,(H,19,21)/t12-,14-/m1/s1. The first-order chi connectivity index (χ1) is 11.5. The van der Waals surface area contributed by atoms with Crippen molar-refractivity contribution in [2.45, 2.75) is 25.3 Å². The number of carbonyl (C=O) groups excluding carboxylic acids is 3. The van der Waals surface area contributed by atoms with Gasteiger partial charge in [-0.1, -0.05) is 11.8 Å². The summed E-state index contributed by atoms with van der Waals surface area (Å²) in [5.41, 5.74) is 0.417. The first-order valence-electron chi connectivity index (χ1n) is 8.06. The highest BCUT2D eigenvalue weighted by Gasteiger charge is 2.33. The van der Waals surface area contributed by atoms with Crippen molar-refractivity contribution < 1.29 is 18.8 Å². The number of piperidine rings is 1. The van der Waals surface area contributed by atoms with Crippen LogP contribution >= 0.6 is 11.8 Å². The van der Waals surface area contributed by atoms with E-state index < -0.39 is 6.04 Å². The average Bonchev–Trinajstić information content (AvgIpc) is 3.00. The zero-order chi connectivity index (χ0) is 17.1. The maximum absolute atomic E-state index is 13.0. The molecule has 0 saturated carbocycles. The lowest BCUT2D eigenvalue weighted by molar-refractivity contribution is -0.129. The summed E-state index contributed by atoms with van der Waals surface area (Å²) in [5.74, 6) is -0.306. The number of amides is 2. The Hall–Kier alpha value is -1.89. The number of rotatable bonds is 3. The van der Waals surface area contributed by atoms with Crippen molar-refractivity contribution in [3.63, 3.8) is 0 Å². The number of nitrogens with zero attached hydrogens (tertiary/aromatic N) is 1. The maximum atomic E-state index is 13.0. The lowest BCUT2D eigenvalue weighted by Gasteiger charge is -2.32. The molecule has 1 N–H and O–H groups in total. The SMILES string of the molecule is O=C(N[C@@H]1CCSC1=O)[C@@H]1CCCN(C(=O)c2ccc(F)cc2)C1. The monoisotopic (exact) mass is 350 g/mol. The molecular formula is C17H19FN2O3S. The minimum atomic E-state index is -0.398. The number of carbonyl (C=O) groups is 3. The van der Waals surface area contributed by atoms with Crippen LogP contribution in [-0.4, -0.2) is 46.7 Å². The fourth-order valence-corrected chi connectivity index (χ4v) is 4.00. The molecule has 2 heterocycles. The lowest BCUT2D eigenvalue weighted by Crippen LogP contribution is -2.48. The Morgan fingerprint density at radius 3 is 2.62 bits per heavy atom. The van der Waals surface area contributed by atoms with Gasteiger partial charge in [-0.05, 0) is 43.5 Å². The largest absolute Gasteiger partial charge is 0.345 e. The van der Waals surface area contributed by atoms with Gasteiger partial charge in [0.2, 0.25) is 11.0 Å². The van der Waals surface area contributed by atoms with Gasteiger partial charge < -0.3 is 10.2 Å². The third-order valence-corrected chi connectivity index (χ3v) is 5.43. The molecule has 2 atom stereocenters. The summed E-state index contributed by atoms with van der Waals surface area (Å²) in [6.45, 7) is 0.911. The Labute approximate surface area is 144 Å². The van der Waals surface area contributed by atoms with Crippen LogP contribution in [0.4, 0.5) is 4.39 Å². The molecule has 7 heteroatoms. The second-order valence-electron chi connectivity index (χ2n) is 6.11. The van der Waals surface area contributed by atoms with E-state index in [2.05, 4.69) is 5.32 Å². The van der Waals surface area contributed by atoms with Gasteiger partial charge in [-0.25, -0.2) is 4.39 Å². The molecule has 0 aromatic heterocycles. The Kier molecular flexibility index (Phi) is 5.18. The van der Waals surface area contributed by atoms with E-state index in [0.717, 1.165) is 12.2 Å². The van der Waals surface area contributed by atoms with Crippen molar-refractivity contribution in [1.82, 2.24) is 10.2 Å². The van der Waals surface area contributed by atoms with E-state index >= 15 is 0 Å². The van der Waals surface area contributed by atoms with Crippen LogP contribution < -0.4 is 5.32 Å². The van der Waals surface area contributed by atoms with Crippen LogP contribution in [0.2, 0.25) is 0 Å². The van der Waals surface area contributed by atoms with Crippen molar-refractivity contribution in [3.8, 4) is 0 Å². The maximum Gasteiger partial charge on any atom is 0.253 e. The van der Waals surface area contributed by atoms with E-state index in [4.69, 9.17) is 0 Å². The average molecular weight is 350 g/mol. The van der Waals surface area contributed by atoms with Gasteiger partial charge in [0.15, 0.2) is 0 Å². The van der Waals surface area contributed by atoms with Gasteiger partial charge in [0, 0.05) is 24.4 Å². The lowest BCUT2D eigenvalue weighted by atomic mass is 9.96. The molecule has 128 valence electrons. The molecule has 1 aromatic rings. The summed E-state index contributed by atoms with van der Waals surface area (Å²) in [6, 6.07) is 5.02. The van der Waals surface area contributed by atoms with Gasteiger partial charge in [0.1, 0.15) is 5.82 Å². The highest BCUT2D eigenvalue weighted by molar-refractivity contribution is 8.14. The predicted octanol–water partition coefficient (Wildman–Crippen LogP) is 1.83. The summed E-state index contributed by atoms with van der Waals surface area (Å²) < 4.78 is 13.0. The second kappa shape index (κ2) is 7.34. The van der Waals surface area contributed by atoms with Gasteiger partial charge >= 0.3 is 0 Å². The zero-order valence-electron chi connectivity index (χ0n) is 13.2. The van der Waals surface area contributed by atoms with E-state index in [1.165, 1.54) is 36.0 Å². The molecule has 2 fully saturated rings. The van der Waals surface area contributed by atoms with Crippen molar-refractivity contribution in [1.29, 1.82) is 0 Å². The Morgan fingerprint density at radius 2 is 1.96 bits per heavy atom. The fourth-order valence-electron chi connectivity index (χ4n) is 3.07. The van der Waals surface area contributed by atoms with Crippen LogP contribution in [0.5, 0.6) is 0 Å². The zero-order valence-corrected chi connectivity index (χ0v) is 14.0. The summed E-state index contributed by atoms with van der Waals surface area (Å²) in [7, 11) is 0. The number of hydrogen-bond donors (Lipinski definition) is 1. The van der Waals surface area contributed by atoms with Crippen LogP contribution in [0.1, 0.15) is 29.6 Å². The first kappa shape index (κ1) is 17.0. The van der Waals surface area contributed by atoms with Gasteiger partial charge in [-0.2, -0.15) is 0 Å². The molecule has 2 aliphatic heterocycles. The van der Waals surface area contributed by atoms with E-state index in [1.807, 2.05) is 0 Å². The quantitative estimate of drug-likeness (QED) is 0.903. The molecular weight excluding hydrogens is 331 g/mol. The first-order valence-corrected chi connectivity index (χ1v) is 9.05. The number of halogens is 1. The highest BCUT2D eigenvalue weighted by Crippen LogP contribution is 2.22. The summed E-state index contributed by atoms with van der Waals surface area (Å²) in [4.78, 5) is 38.1. The number of thioether (sulfide) groups is 1. The van der Waals surface area contributed by atoms with Gasteiger partial charge in [0.05, 0.1) is 12.0 Å². The number of nitrogens with one attached hydrogen (secondary N) is 1. The van der Waals surface area contributed by atoms with Crippen molar-refractivity contribution in [3.05, 3.63) is 35.6 Å². The van der Waals surface area contributed by atoms with E-state index in [9.17, 15) is 18.8 Å². The molecule has 3 rings (SSSR count). The molecule has 0 aliphatic carbocycles. The molecule has 0 unspecified atom stereocenters. The molecule has 24 heavy (non-hydrogen) atoms. The highest BCUT2D eigenvalue weighted by atomic mass is 32.2. The molecule has 0 bridgehead atoms. The number of hydrogen-bond acceptors (Lipinski definition) is 4. The molecule has 1 aromatic carbocycles. The van der Waals surface area contributed by atoms with E-state index in [-0.39, 0.29) is 28.7 Å². The van der Waals surface area contributed by atoms with Crippen LogP contribution in [0.15, 0.2) is 24.3 Å². The van der Waals surface area contributed by atoms with Crippen LogP contribution in [-0.2, 0) is 9.59 Å². The molecule has 0 spiro atoms. The topological polar surface area (TPSA) is 66.5 Å². The van der Waals surface area contributed by atoms with Gasteiger partial charge in [0.25, 0.3) is 5.91 Å². The van der Waals surface area contributed by atoms with Crippen LogP contribution in [0.3, 0.4) is 0 Å². The third kappa shape index (κ3) is 3.77. The minimum absolute atomic E-state index is 0.0124. The summed E-state index contributed by atoms with van der Waals surface area (Å²) >= 11 is 1.25. The predicted molar refractivity (Wildman–Crippen MR) is 89.0 cm³/mol. The van der Waals surface area contributed by atoms with Crippen LogP contribution in [0.25, 0.3) is 0 Å². The third-order valence-electron chi connectivity index (χ3n) is 4.42. The van der Waals surface area contributed by atoms with Gasteiger partial charge in [-0.3, -0.25) is 14.4 Å². The van der Waals surface area contributed by atoms with E-state index in [0.29, 0.717) is 31.5 Å². The van der Waals surface area contributed by atoms with Crippen molar-refractivity contribution >= 4 is 28.7 Å². The fraction of sp³-hybridized carbons (Fsp3) is 0.471. The van der Waals surface area contributed by atoms with Gasteiger partial charge in [-0.15, -0.1) is 0 Å². The van der Waals surface area contributed by atoms with Crippen molar-refractivity contribution in [2.75, 3.05) is 18.8 Å². The Balaban J connectivity index is 1.61. The summed E-state index contributed by atoms with van der Waals surface area (Å²) in [6.07, 6.45) is 2.10.